The van der Waals surface area contributed by atoms with Crippen LogP contribution in [0.25, 0.3) is 85.5 Å². The molecule has 3 aliphatic carbocycles. The maximum atomic E-state index is 2.57. The van der Waals surface area contributed by atoms with E-state index in [0.29, 0.717) is 0 Å². The Labute approximate surface area is 375 Å². The Balaban J connectivity index is 1.07. The highest BCUT2D eigenvalue weighted by Crippen LogP contribution is 2.65. The molecule has 11 aromatic carbocycles. The second-order valence-corrected chi connectivity index (χ2v) is 19.8. The van der Waals surface area contributed by atoms with Gasteiger partial charge in [-0.05, 0) is 142 Å². The van der Waals surface area contributed by atoms with Crippen LogP contribution in [0.3, 0.4) is 0 Å². The molecule has 2 heteroatoms. The van der Waals surface area contributed by atoms with Crippen LogP contribution >= 0.6 is 11.3 Å². The summed E-state index contributed by atoms with van der Waals surface area (Å²) in [6, 6.07) is 76.6. The SMILES string of the molecule is CC1(C)c2ccccc2-c2ccc(N(c3ccc4c(c3)sc3ccccc34)c3cc4c(c5ccccc35)C3(c5cc6ccccc6cc5-4)c4cccc5ccc6cccc3c6c45)cc21. The van der Waals surface area contributed by atoms with E-state index in [0.717, 1.165) is 5.69 Å². The van der Waals surface area contributed by atoms with Gasteiger partial charge in [0.25, 0.3) is 0 Å². The molecule has 1 aromatic heterocycles. The van der Waals surface area contributed by atoms with Gasteiger partial charge in [0.05, 0.1) is 11.1 Å². The standard InChI is InChI=1S/C62H39NS/c1-61(2)50-21-9-7-17-42(50)43-29-27-40(33-53(43)61)63(41-28-30-46-45-19-8-10-24-56(45)64-57(46)34-41)55-35-49-48-31-38-13-3-4-14-39(38)32-54(48)62(60(49)47-20-6-5-18-44(47)55)51-22-11-15-36-25-26-37-16-12-23-52(62)59(37)58(36)51/h3-35H,1-2H3. The molecule has 3 aliphatic rings. The fourth-order valence-corrected chi connectivity index (χ4v) is 13.8. The van der Waals surface area contributed by atoms with Gasteiger partial charge in [0.2, 0.25) is 0 Å². The molecule has 0 amide bonds. The molecule has 0 radical (unpaired) electrons. The van der Waals surface area contributed by atoms with Gasteiger partial charge in [0.15, 0.2) is 0 Å². The number of fused-ring (bicyclic) bond motifs is 16. The van der Waals surface area contributed by atoms with Crippen LogP contribution in [0.2, 0.25) is 0 Å². The van der Waals surface area contributed by atoms with E-state index in [1.165, 1.54) is 130 Å². The van der Waals surface area contributed by atoms with Crippen molar-refractivity contribution in [3.05, 3.63) is 234 Å². The minimum Gasteiger partial charge on any atom is -0.310 e. The maximum absolute atomic E-state index is 2.57. The quantitative estimate of drug-likeness (QED) is 0.160. The molecule has 0 fully saturated rings. The summed E-state index contributed by atoms with van der Waals surface area (Å²) in [5, 5.41) is 13.1. The predicted octanol–water partition coefficient (Wildman–Crippen LogP) is 17.1. The van der Waals surface area contributed by atoms with Gasteiger partial charge in [0, 0.05) is 42.3 Å². The van der Waals surface area contributed by atoms with Gasteiger partial charge < -0.3 is 4.90 Å². The fraction of sp³-hybridized carbons (Fsp3) is 0.0645. The lowest BCUT2D eigenvalue weighted by molar-refractivity contribution is 0.660. The minimum absolute atomic E-state index is 0.144. The number of nitrogens with zero attached hydrogens (tertiary/aromatic N) is 1. The Hall–Kier alpha value is -7.52. The van der Waals surface area contributed by atoms with E-state index in [1.54, 1.807) is 0 Å². The van der Waals surface area contributed by atoms with E-state index in [1.807, 2.05) is 11.3 Å². The molecule has 1 heterocycles. The number of rotatable bonds is 3. The smallest absolute Gasteiger partial charge is 0.0732 e. The lowest BCUT2D eigenvalue weighted by Crippen LogP contribution is -2.26. The molecule has 15 rings (SSSR count). The highest BCUT2D eigenvalue weighted by atomic mass is 32.1. The average molecular weight is 830 g/mol. The van der Waals surface area contributed by atoms with Gasteiger partial charge >= 0.3 is 0 Å². The minimum atomic E-state index is -0.500. The number of anilines is 3. The van der Waals surface area contributed by atoms with Gasteiger partial charge in [0.1, 0.15) is 0 Å². The Morgan fingerprint density at radius 2 is 0.953 bits per heavy atom. The van der Waals surface area contributed by atoms with Crippen LogP contribution in [0, 0.1) is 0 Å². The molecule has 0 saturated carbocycles. The van der Waals surface area contributed by atoms with Crippen molar-refractivity contribution in [3.8, 4) is 22.3 Å². The molecule has 0 unspecified atom stereocenters. The molecule has 12 aromatic rings. The zero-order chi connectivity index (χ0) is 42.1. The molecule has 1 spiro atoms. The van der Waals surface area contributed by atoms with Crippen LogP contribution in [0.5, 0.6) is 0 Å². The van der Waals surface area contributed by atoms with E-state index >= 15 is 0 Å². The lowest BCUT2D eigenvalue weighted by Gasteiger charge is -2.33. The molecule has 0 atom stereocenters. The number of benzene rings is 11. The van der Waals surface area contributed by atoms with E-state index in [2.05, 4.69) is 219 Å². The largest absolute Gasteiger partial charge is 0.310 e. The van der Waals surface area contributed by atoms with Gasteiger partial charge in [-0.25, -0.2) is 0 Å². The third-order valence-electron chi connectivity index (χ3n) is 15.4. The van der Waals surface area contributed by atoms with Crippen molar-refractivity contribution in [2.24, 2.45) is 0 Å². The third kappa shape index (κ3) is 4.25. The predicted molar refractivity (Wildman–Crippen MR) is 272 cm³/mol. The van der Waals surface area contributed by atoms with Crippen LogP contribution in [0.4, 0.5) is 17.1 Å². The second kappa shape index (κ2) is 12.1. The molecule has 0 saturated heterocycles. The Kier molecular flexibility index (Phi) is 6.64. The Bertz CT molecular complexity index is 4010. The van der Waals surface area contributed by atoms with Crippen LogP contribution in [0.1, 0.15) is 47.2 Å². The number of thiophene rings is 1. The average Bonchev–Trinajstić information content (AvgIpc) is 4.02. The van der Waals surface area contributed by atoms with E-state index in [-0.39, 0.29) is 5.41 Å². The summed E-state index contributed by atoms with van der Waals surface area (Å²) in [4.78, 5) is 2.57. The van der Waals surface area contributed by atoms with Gasteiger partial charge in [-0.15, -0.1) is 11.3 Å². The van der Waals surface area contributed by atoms with Crippen molar-refractivity contribution < 1.29 is 0 Å². The molecule has 64 heavy (non-hydrogen) atoms. The molecule has 1 nitrogen and oxygen atoms in total. The van der Waals surface area contributed by atoms with Crippen LogP contribution in [-0.2, 0) is 10.8 Å². The van der Waals surface area contributed by atoms with E-state index < -0.39 is 5.41 Å². The van der Waals surface area contributed by atoms with Crippen LogP contribution < -0.4 is 4.90 Å². The van der Waals surface area contributed by atoms with Crippen LogP contribution in [-0.4, -0.2) is 0 Å². The van der Waals surface area contributed by atoms with Gasteiger partial charge in [-0.3, -0.25) is 0 Å². The Morgan fingerprint density at radius 1 is 0.359 bits per heavy atom. The number of hydrogen-bond acceptors (Lipinski definition) is 2. The molecular weight excluding hydrogens is 791 g/mol. The van der Waals surface area contributed by atoms with Crippen molar-refractivity contribution in [1.82, 2.24) is 0 Å². The summed E-state index contributed by atoms with van der Waals surface area (Å²) in [7, 11) is 0. The van der Waals surface area contributed by atoms with Crippen molar-refractivity contribution in [3.63, 3.8) is 0 Å². The van der Waals surface area contributed by atoms with Gasteiger partial charge in [-0.1, -0.05) is 166 Å². The fourth-order valence-electron chi connectivity index (χ4n) is 12.7. The topological polar surface area (TPSA) is 3.24 Å². The van der Waals surface area contributed by atoms with Crippen LogP contribution in [0.15, 0.2) is 200 Å². The molecule has 298 valence electrons. The zero-order valence-electron chi connectivity index (χ0n) is 35.4. The Morgan fingerprint density at radius 3 is 1.75 bits per heavy atom. The van der Waals surface area contributed by atoms with Crippen molar-refractivity contribution in [2.45, 2.75) is 24.7 Å². The highest BCUT2D eigenvalue weighted by molar-refractivity contribution is 7.25. The summed E-state index contributed by atoms with van der Waals surface area (Å²) < 4.78 is 2.61. The summed E-state index contributed by atoms with van der Waals surface area (Å²) in [6.45, 7) is 4.78. The molecule has 0 bridgehead atoms. The second-order valence-electron chi connectivity index (χ2n) is 18.7. The normalized spacial score (nSPS) is 14.7. The number of hydrogen-bond donors (Lipinski definition) is 0. The first-order valence-corrected chi connectivity index (χ1v) is 23.3. The maximum Gasteiger partial charge on any atom is 0.0732 e. The van der Waals surface area contributed by atoms with E-state index in [9.17, 15) is 0 Å². The van der Waals surface area contributed by atoms with Crippen molar-refractivity contribution >= 4 is 91.7 Å². The lowest BCUT2D eigenvalue weighted by atomic mass is 9.68. The third-order valence-corrected chi connectivity index (χ3v) is 16.5. The zero-order valence-corrected chi connectivity index (χ0v) is 36.2. The van der Waals surface area contributed by atoms with E-state index in [4.69, 9.17) is 0 Å². The van der Waals surface area contributed by atoms with Crippen molar-refractivity contribution in [2.75, 3.05) is 4.90 Å². The highest BCUT2D eigenvalue weighted by Gasteiger charge is 2.52. The first-order valence-electron chi connectivity index (χ1n) is 22.5. The molecule has 0 N–H and O–H groups in total. The first kappa shape index (κ1) is 35.0. The summed E-state index contributed by atoms with van der Waals surface area (Å²) in [6.07, 6.45) is 0. The molecular formula is C62H39NS. The first-order chi connectivity index (χ1) is 31.5. The van der Waals surface area contributed by atoms with Crippen molar-refractivity contribution in [1.29, 1.82) is 0 Å². The molecule has 0 aliphatic heterocycles. The summed E-state index contributed by atoms with van der Waals surface area (Å²) >= 11 is 1.89. The summed E-state index contributed by atoms with van der Waals surface area (Å²) in [5.41, 5.74) is 16.4. The summed E-state index contributed by atoms with van der Waals surface area (Å²) in [5.74, 6) is 0. The monoisotopic (exact) mass is 829 g/mol. The van der Waals surface area contributed by atoms with Gasteiger partial charge in [-0.2, -0.15) is 0 Å².